The minimum absolute atomic E-state index is 0.0229. The van der Waals surface area contributed by atoms with E-state index < -0.39 is 0 Å². The van der Waals surface area contributed by atoms with Gasteiger partial charge in [-0.15, -0.1) is 0 Å². The highest BCUT2D eigenvalue weighted by atomic mass is 16.5. The number of nitrogens with one attached hydrogen (secondary N) is 1. The highest BCUT2D eigenvalue weighted by Gasteiger charge is 2.23. The van der Waals surface area contributed by atoms with E-state index >= 15 is 0 Å². The van der Waals surface area contributed by atoms with Crippen LogP contribution in [0.2, 0.25) is 0 Å². The van der Waals surface area contributed by atoms with E-state index in [1.54, 1.807) is 0 Å². The first-order chi connectivity index (χ1) is 14.2. The summed E-state index contributed by atoms with van der Waals surface area (Å²) in [4.78, 5) is 17.4. The van der Waals surface area contributed by atoms with E-state index in [1.165, 1.54) is 11.3 Å². The first kappa shape index (κ1) is 19.9. The predicted octanol–water partition coefficient (Wildman–Crippen LogP) is 3.16. The van der Waals surface area contributed by atoms with E-state index in [0.29, 0.717) is 12.0 Å². The van der Waals surface area contributed by atoms with Gasteiger partial charge in [-0.3, -0.25) is 9.69 Å². The van der Waals surface area contributed by atoms with Gasteiger partial charge in [0.05, 0.1) is 12.7 Å². The fourth-order valence-corrected chi connectivity index (χ4v) is 4.27. The fraction of sp³-hybridized carbons (Fsp3) is 0.458. The molecule has 2 atom stereocenters. The van der Waals surface area contributed by atoms with E-state index in [4.69, 9.17) is 4.74 Å². The second-order valence-corrected chi connectivity index (χ2v) is 8.26. The van der Waals surface area contributed by atoms with Crippen LogP contribution in [0.1, 0.15) is 29.3 Å². The Balaban J connectivity index is 1.24. The zero-order chi connectivity index (χ0) is 20.1. The minimum atomic E-state index is 0.0229. The summed E-state index contributed by atoms with van der Waals surface area (Å²) in [5, 5.41) is 3.13. The fourth-order valence-electron chi connectivity index (χ4n) is 4.27. The van der Waals surface area contributed by atoms with Crippen molar-refractivity contribution in [3.05, 3.63) is 65.7 Å². The number of anilines is 1. The minimum Gasteiger partial charge on any atom is -0.376 e. The van der Waals surface area contributed by atoms with Crippen molar-refractivity contribution >= 4 is 11.6 Å². The zero-order valence-corrected chi connectivity index (χ0v) is 17.2. The molecule has 0 spiro atoms. The molecule has 2 fully saturated rings. The van der Waals surface area contributed by atoms with Crippen LogP contribution in [0.5, 0.6) is 0 Å². The molecule has 0 bridgehead atoms. The Labute approximate surface area is 173 Å². The number of morpholine rings is 1. The van der Waals surface area contributed by atoms with Crippen molar-refractivity contribution in [3.63, 3.8) is 0 Å². The average Bonchev–Trinajstić information content (AvgIpc) is 3.22. The molecule has 2 heterocycles. The Hall–Kier alpha value is -2.37. The molecular weight excluding hydrogens is 362 g/mol. The number of benzene rings is 2. The van der Waals surface area contributed by atoms with Crippen molar-refractivity contribution in [2.75, 3.05) is 44.2 Å². The molecule has 5 nitrogen and oxygen atoms in total. The SMILES string of the molecule is C[C@@H]1CN(Cc2ccc(C(=O)NC[C@H]3CCN(c4ccccc4)C3)cc2)CCO1. The number of rotatable bonds is 6. The lowest BCUT2D eigenvalue weighted by Crippen LogP contribution is -2.40. The predicted molar refractivity (Wildman–Crippen MR) is 116 cm³/mol. The molecule has 1 amide bonds. The quantitative estimate of drug-likeness (QED) is 0.819. The highest BCUT2D eigenvalue weighted by molar-refractivity contribution is 5.94. The molecule has 4 rings (SSSR count). The van der Waals surface area contributed by atoms with E-state index in [1.807, 2.05) is 18.2 Å². The smallest absolute Gasteiger partial charge is 0.251 e. The van der Waals surface area contributed by atoms with Crippen LogP contribution in [-0.2, 0) is 11.3 Å². The van der Waals surface area contributed by atoms with Crippen LogP contribution >= 0.6 is 0 Å². The van der Waals surface area contributed by atoms with Gasteiger partial charge in [0.2, 0.25) is 0 Å². The zero-order valence-electron chi connectivity index (χ0n) is 17.2. The largest absolute Gasteiger partial charge is 0.376 e. The van der Waals surface area contributed by atoms with Crippen molar-refractivity contribution in [1.82, 2.24) is 10.2 Å². The van der Waals surface area contributed by atoms with Gasteiger partial charge in [-0.05, 0) is 49.1 Å². The van der Waals surface area contributed by atoms with Crippen LogP contribution in [0.4, 0.5) is 5.69 Å². The third kappa shape index (κ3) is 5.37. The molecule has 2 aromatic rings. The van der Waals surface area contributed by atoms with E-state index in [2.05, 4.69) is 58.4 Å². The Morgan fingerprint density at radius 1 is 1.07 bits per heavy atom. The summed E-state index contributed by atoms with van der Waals surface area (Å²) >= 11 is 0. The van der Waals surface area contributed by atoms with Gasteiger partial charge in [0.1, 0.15) is 0 Å². The maximum absolute atomic E-state index is 12.5. The lowest BCUT2D eigenvalue weighted by atomic mass is 10.1. The first-order valence-corrected chi connectivity index (χ1v) is 10.7. The normalized spacial score (nSPS) is 22.6. The molecule has 2 aliphatic heterocycles. The Kier molecular flexibility index (Phi) is 6.47. The van der Waals surface area contributed by atoms with Gasteiger partial charge >= 0.3 is 0 Å². The maximum atomic E-state index is 12.5. The third-order valence-corrected chi connectivity index (χ3v) is 5.91. The second kappa shape index (κ2) is 9.42. The molecule has 0 aromatic heterocycles. The summed E-state index contributed by atoms with van der Waals surface area (Å²) in [5.41, 5.74) is 3.25. The number of ether oxygens (including phenoxy) is 1. The summed E-state index contributed by atoms with van der Waals surface area (Å²) in [7, 11) is 0. The first-order valence-electron chi connectivity index (χ1n) is 10.7. The van der Waals surface area contributed by atoms with Gasteiger partial charge in [0.15, 0.2) is 0 Å². The van der Waals surface area contributed by atoms with Crippen molar-refractivity contribution in [1.29, 1.82) is 0 Å². The van der Waals surface area contributed by atoms with Gasteiger partial charge in [-0.25, -0.2) is 0 Å². The van der Waals surface area contributed by atoms with Crippen LogP contribution in [0, 0.1) is 5.92 Å². The summed E-state index contributed by atoms with van der Waals surface area (Å²) in [6.07, 6.45) is 1.41. The van der Waals surface area contributed by atoms with E-state index in [9.17, 15) is 4.79 Å². The number of carbonyl (C=O) groups excluding carboxylic acids is 1. The van der Waals surface area contributed by atoms with Crippen LogP contribution < -0.4 is 10.2 Å². The van der Waals surface area contributed by atoms with Gasteiger partial charge in [-0.2, -0.15) is 0 Å². The topological polar surface area (TPSA) is 44.8 Å². The van der Waals surface area contributed by atoms with E-state index in [0.717, 1.165) is 57.9 Å². The van der Waals surface area contributed by atoms with Crippen LogP contribution in [-0.4, -0.2) is 56.2 Å². The number of para-hydroxylation sites is 1. The molecule has 2 saturated heterocycles. The number of amides is 1. The molecule has 0 radical (unpaired) electrons. The summed E-state index contributed by atoms with van der Waals surface area (Å²) < 4.78 is 5.60. The highest BCUT2D eigenvalue weighted by Crippen LogP contribution is 2.23. The molecule has 0 saturated carbocycles. The number of hydrogen-bond donors (Lipinski definition) is 1. The summed E-state index contributed by atoms with van der Waals surface area (Å²) in [6, 6.07) is 18.5. The molecule has 0 unspecified atom stereocenters. The molecular formula is C24H31N3O2. The van der Waals surface area contributed by atoms with E-state index in [-0.39, 0.29) is 5.91 Å². The Bertz CT molecular complexity index is 794. The monoisotopic (exact) mass is 393 g/mol. The van der Waals surface area contributed by atoms with Crippen molar-refractivity contribution in [2.24, 2.45) is 5.92 Å². The lowest BCUT2D eigenvalue weighted by molar-refractivity contribution is -0.0212. The van der Waals surface area contributed by atoms with Crippen molar-refractivity contribution < 1.29 is 9.53 Å². The van der Waals surface area contributed by atoms with Crippen molar-refractivity contribution in [3.8, 4) is 0 Å². The summed E-state index contributed by atoms with van der Waals surface area (Å²) in [6.45, 7) is 8.54. The lowest BCUT2D eigenvalue weighted by Gasteiger charge is -2.31. The van der Waals surface area contributed by atoms with Gasteiger partial charge in [-0.1, -0.05) is 30.3 Å². The van der Waals surface area contributed by atoms with Crippen LogP contribution in [0.3, 0.4) is 0 Å². The third-order valence-electron chi connectivity index (χ3n) is 5.91. The Morgan fingerprint density at radius 2 is 1.86 bits per heavy atom. The summed E-state index contributed by atoms with van der Waals surface area (Å²) in [5.74, 6) is 0.524. The number of carbonyl (C=O) groups is 1. The molecule has 154 valence electrons. The molecule has 0 aliphatic carbocycles. The van der Waals surface area contributed by atoms with Gasteiger partial charge < -0.3 is 15.0 Å². The van der Waals surface area contributed by atoms with Gasteiger partial charge in [0, 0.05) is 50.5 Å². The van der Waals surface area contributed by atoms with Crippen LogP contribution in [0.15, 0.2) is 54.6 Å². The van der Waals surface area contributed by atoms with Gasteiger partial charge in [0.25, 0.3) is 5.91 Å². The number of nitrogens with zero attached hydrogens (tertiary/aromatic N) is 2. The average molecular weight is 394 g/mol. The van der Waals surface area contributed by atoms with Crippen molar-refractivity contribution in [2.45, 2.75) is 26.0 Å². The molecule has 2 aliphatic rings. The molecule has 1 N–H and O–H groups in total. The van der Waals surface area contributed by atoms with Crippen LogP contribution in [0.25, 0.3) is 0 Å². The maximum Gasteiger partial charge on any atom is 0.251 e. The molecule has 2 aromatic carbocycles. The molecule has 5 heteroatoms. The second-order valence-electron chi connectivity index (χ2n) is 8.26. The standard InChI is InChI=1S/C24H31N3O2/c1-19-16-26(13-14-29-19)17-20-7-9-22(10-8-20)24(28)25-15-21-11-12-27(18-21)23-5-3-2-4-6-23/h2-10,19,21H,11-18H2,1H3,(H,25,28)/t19-,21-/m1/s1. The molecule has 29 heavy (non-hydrogen) atoms. The number of hydrogen-bond acceptors (Lipinski definition) is 4. The Morgan fingerprint density at radius 3 is 2.62 bits per heavy atom.